The van der Waals surface area contributed by atoms with Gasteiger partial charge in [-0.3, -0.25) is 0 Å². The summed E-state index contributed by atoms with van der Waals surface area (Å²) < 4.78 is 5.09. The van der Waals surface area contributed by atoms with Gasteiger partial charge in [-0.1, -0.05) is 20.3 Å². The van der Waals surface area contributed by atoms with E-state index < -0.39 is 0 Å². The third-order valence-electron chi connectivity index (χ3n) is 1.85. The van der Waals surface area contributed by atoms with Gasteiger partial charge in [-0.05, 0) is 12.5 Å². The molecule has 0 aromatic carbocycles. The zero-order valence-electron chi connectivity index (χ0n) is 8.18. The molecule has 0 aliphatic carbocycles. The fraction of sp³-hybridized carbons (Fsp3) is 1.00. The predicted octanol–water partition coefficient (Wildman–Crippen LogP) is 0.631. The molecule has 3 heteroatoms. The molecule has 0 rings (SSSR count). The minimum absolute atomic E-state index is 0.116. The minimum Gasteiger partial charge on any atom is -0.394 e. The molecule has 12 heavy (non-hydrogen) atoms. The average molecular weight is 175 g/mol. The van der Waals surface area contributed by atoms with Crippen molar-refractivity contribution in [2.45, 2.75) is 20.3 Å². The normalized spacial score (nSPS) is 13.2. The van der Waals surface area contributed by atoms with Crippen LogP contribution in [0.5, 0.6) is 0 Å². The van der Waals surface area contributed by atoms with Crippen molar-refractivity contribution in [1.29, 1.82) is 0 Å². The molecule has 0 aromatic rings. The zero-order valence-corrected chi connectivity index (χ0v) is 8.18. The monoisotopic (exact) mass is 175 g/mol. The molecule has 0 bridgehead atoms. The van der Waals surface area contributed by atoms with Crippen LogP contribution in [0.4, 0.5) is 0 Å². The van der Waals surface area contributed by atoms with Crippen LogP contribution >= 0.6 is 0 Å². The van der Waals surface area contributed by atoms with Crippen molar-refractivity contribution in [2.24, 2.45) is 5.92 Å². The van der Waals surface area contributed by atoms with Gasteiger partial charge < -0.3 is 15.2 Å². The van der Waals surface area contributed by atoms with E-state index in [0.717, 1.165) is 19.0 Å². The van der Waals surface area contributed by atoms with Crippen LogP contribution in [0.25, 0.3) is 0 Å². The van der Waals surface area contributed by atoms with Crippen molar-refractivity contribution in [2.75, 3.05) is 32.9 Å². The molecule has 0 unspecified atom stereocenters. The highest BCUT2D eigenvalue weighted by Crippen LogP contribution is 1.96. The first-order valence-corrected chi connectivity index (χ1v) is 4.70. The number of aliphatic hydroxyl groups excluding tert-OH is 1. The quantitative estimate of drug-likeness (QED) is 0.532. The van der Waals surface area contributed by atoms with Gasteiger partial charge in [0.25, 0.3) is 0 Å². The van der Waals surface area contributed by atoms with E-state index in [1.807, 2.05) is 0 Å². The lowest BCUT2D eigenvalue weighted by molar-refractivity contribution is 0.0935. The van der Waals surface area contributed by atoms with Gasteiger partial charge in [0, 0.05) is 6.54 Å². The van der Waals surface area contributed by atoms with E-state index in [-0.39, 0.29) is 6.61 Å². The Morgan fingerprint density at radius 3 is 2.75 bits per heavy atom. The van der Waals surface area contributed by atoms with E-state index in [1.165, 1.54) is 6.42 Å². The maximum Gasteiger partial charge on any atom is 0.0698 e. The van der Waals surface area contributed by atoms with Crippen molar-refractivity contribution in [3.63, 3.8) is 0 Å². The molecule has 0 saturated carbocycles. The summed E-state index contributed by atoms with van der Waals surface area (Å²) in [5, 5.41) is 11.7. The summed E-state index contributed by atoms with van der Waals surface area (Å²) in [5.41, 5.74) is 0. The van der Waals surface area contributed by atoms with Crippen molar-refractivity contribution in [3.05, 3.63) is 0 Å². The van der Waals surface area contributed by atoms with Gasteiger partial charge in [-0.25, -0.2) is 0 Å². The summed E-state index contributed by atoms with van der Waals surface area (Å²) in [6.07, 6.45) is 1.21. The van der Waals surface area contributed by atoms with Gasteiger partial charge in [0.15, 0.2) is 0 Å². The zero-order chi connectivity index (χ0) is 9.23. The number of nitrogens with one attached hydrogen (secondary N) is 1. The molecule has 2 N–H and O–H groups in total. The van der Waals surface area contributed by atoms with E-state index in [1.54, 1.807) is 0 Å². The third-order valence-corrected chi connectivity index (χ3v) is 1.85. The van der Waals surface area contributed by atoms with Crippen LogP contribution in [0.3, 0.4) is 0 Å². The van der Waals surface area contributed by atoms with Gasteiger partial charge in [-0.2, -0.15) is 0 Å². The highest BCUT2D eigenvalue weighted by Gasteiger charge is 1.96. The second kappa shape index (κ2) is 8.97. The van der Waals surface area contributed by atoms with Crippen LogP contribution in [0.2, 0.25) is 0 Å². The summed E-state index contributed by atoms with van der Waals surface area (Å²) in [4.78, 5) is 0. The average Bonchev–Trinajstić information content (AvgIpc) is 2.10. The Morgan fingerprint density at radius 1 is 1.42 bits per heavy atom. The van der Waals surface area contributed by atoms with E-state index in [0.29, 0.717) is 13.2 Å². The summed E-state index contributed by atoms with van der Waals surface area (Å²) >= 11 is 0. The second-order valence-electron chi connectivity index (χ2n) is 3.05. The molecule has 3 nitrogen and oxygen atoms in total. The largest absolute Gasteiger partial charge is 0.394 e. The summed E-state index contributed by atoms with van der Waals surface area (Å²) in [5.74, 6) is 0.739. The first-order valence-electron chi connectivity index (χ1n) is 4.70. The van der Waals surface area contributed by atoms with Gasteiger partial charge in [-0.15, -0.1) is 0 Å². The van der Waals surface area contributed by atoms with E-state index in [4.69, 9.17) is 9.84 Å². The SMILES string of the molecule is CC[C@@H](C)CNCCOCCO. The van der Waals surface area contributed by atoms with Crippen LogP contribution in [0, 0.1) is 5.92 Å². The van der Waals surface area contributed by atoms with Gasteiger partial charge in [0.1, 0.15) is 0 Å². The molecular weight excluding hydrogens is 154 g/mol. The number of aliphatic hydroxyl groups is 1. The van der Waals surface area contributed by atoms with Gasteiger partial charge in [0.2, 0.25) is 0 Å². The molecule has 0 saturated heterocycles. The Kier molecular flexibility index (Phi) is 8.88. The minimum atomic E-state index is 0.116. The molecule has 0 aliphatic heterocycles. The Balaban J connectivity index is 2.90. The molecule has 0 aliphatic rings. The second-order valence-corrected chi connectivity index (χ2v) is 3.05. The molecule has 0 radical (unpaired) electrons. The van der Waals surface area contributed by atoms with Crippen molar-refractivity contribution in [3.8, 4) is 0 Å². The summed E-state index contributed by atoms with van der Waals surface area (Å²) in [7, 11) is 0. The fourth-order valence-electron chi connectivity index (χ4n) is 0.804. The lowest BCUT2D eigenvalue weighted by Gasteiger charge is -2.09. The molecule has 74 valence electrons. The highest BCUT2D eigenvalue weighted by molar-refractivity contribution is 4.53. The van der Waals surface area contributed by atoms with Crippen molar-refractivity contribution < 1.29 is 9.84 Å². The smallest absolute Gasteiger partial charge is 0.0698 e. The molecule has 1 atom stereocenters. The van der Waals surface area contributed by atoms with Crippen molar-refractivity contribution in [1.82, 2.24) is 5.32 Å². The maximum atomic E-state index is 8.40. The lowest BCUT2D eigenvalue weighted by atomic mass is 10.1. The van der Waals surface area contributed by atoms with Crippen LogP contribution in [0.1, 0.15) is 20.3 Å². The first-order chi connectivity index (χ1) is 5.81. The molecular formula is C9H21NO2. The van der Waals surface area contributed by atoms with Crippen molar-refractivity contribution >= 4 is 0 Å². The Morgan fingerprint density at radius 2 is 2.17 bits per heavy atom. The predicted molar refractivity (Wildman–Crippen MR) is 50.2 cm³/mol. The molecule has 0 heterocycles. The van der Waals surface area contributed by atoms with Gasteiger partial charge in [0.05, 0.1) is 19.8 Å². The van der Waals surface area contributed by atoms with E-state index in [2.05, 4.69) is 19.2 Å². The molecule has 0 fully saturated rings. The van der Waals surface area contributed by atoms with Crippen LogP contribution in [0.15, 0.2) is 0 Å². The number of hydrogen-bond acceptors (Lipinski definition) is 3. The summed E-state index contributed by atoms with van der Waals surface area (Å²) in [6, 6.07) is 0. The first kappa shape index (κ1) is 11.9. The fourth-order valence-corrected chi connectivity index (χ4v) is 0.804. The van der Waals surface area contributed by atoms with Crippen LogP contribution in [-0.2, 0) is 4.74 Å². The number of ether oxygens (including phenoxy) is 1. The Bertz CT molecular complexity index is 88.6. The standard InChI is InChI=1S/C9H21NO2/c1-3-9(2)8-10-4-6-12-7-5-11/h9-11H,3-8H2,1-2H3/t9-/m1/s1. The van der Waals surface area contributed by atoms with Crippen LogP contribution in [-0.4, -0.2) is 38.0 Å². The molecule has 0 spiro atoms. The van der Waals surface area contributed by atoms with Gasteiger partial charge >= 0.3 is 0 Å². The molecule has 0 aromatic heterocycles. The van der Waals surface area contributed by atoms with E-state index >= 15 is 0 Å². The Labute approximate surface area is 75.1 Å². The highest BCUT2D eigenvalue weighted by atomic mass is 16.5. The Hall–Kier alpha value is -0.120. The van der Waals surface area contributed by atoms with Crippen LogP contribution < -0.4 is 5.32 Å². The molecule has 0 amide bonds. The topological polar surface area (TPSA) is 41.5 Å². The third kappa shape index (κ3) is 7.98. The summed E-state index contributed by atoms with van der Waals surface area (Å²) in [6.45, 7) is 7.60. The maximum absolute atomic E-state index is 8.40. The number of hydrogen-bond donors (Lipinski definition) is 2. The number of rotatable bonds is 8. The van der Waals surface area contributed by atoms with E-state index in [9.17, 15) is 0 Å². The lowest BCUT2D eigenvalue weighted by Crippen LogP contribution is -2.25.